The molecule has 0 radical (unpaired) electrons. The highest BCUT2D eigenvalue weighted by atomic mass is 32.2. The van der Waals surface area contributed by atoms with Gasteiger partial charge in [0.05, 0.1) is 12.0 Å². The predicted octanol–water partition coefficient (Wildman–Crippen LogP) is 2.51. The van der Waals surface area contributed by atoms with Crippen molar-refractivity contribution in [3.63, 3.8) is 0 Å². The van der Waals surface area contributed by atoms with E-state index in [1.165, 1.54) is 16.1 Å². The van der Waals surface area contributed by atoms with E-state index in [0.29, 0.717) is 37.3 Å². The Kier molecular flexibility index (Phi) is 7.23. The molecule has 2 aromatic carbocycles. The van der Waals surface area contributed by atoms with Crippen molar-refractivity contribution in [2.45, 2.75) is 50.0 Å². The van der Waals surface area contributed by atoms with Crippen LogP contribution in [0.5, 0.6) is 5.75 Å². The zero-order chi connectivity index (χ0) is 24.3. The molecule has 1 saturated heterocycles. The van der Waals surface area contributed by atoms with E-state index in [1.807, 2.05) is 24.3 Å². The minimum atomic E-state index is -3.59. The van der Waals surface area contributed by atoms with E-state index >= 15 is 0 Å². The average Bonchev–Trinajstić information content (AvgIpc) is 3.24. The molecule has 2 aliphatic heterocycles. The second kappa shape index (κ2) is 10.1. The number of carbonyl (C=O) groups excluding carboxylic acids is 2. The number of piperidine rings is 1. The molecule has 4 rings (SSSR count). The molecule has 0 aromatic heterocycles. The van der Waals surface area contributed by atoms with Crippen LogP contribution in [0.15, 0.2) is 47.4 Å². The number of methoxy groups -OCH3 is 1. The Balaban J connectivity index is 1.47. The van der Waals surface area contributed by atoms with Gasteiger partial charge in [-0.15, -0.1) is 0 Å². The number of hydrogen-bond acceptors (Lipinski definition) is 5. The van der Waals surface area contributed by atoms with Gasteiger partial charge in [0.1, 0.15) is 11.8 Å². The maximum atomic E-state index is 13.1. The van der Waals surface area contributed by atoms with Gasteiger partial charge in [-0.3, -0.25) is 14.5 Å². The summed E-state index contributed by atoms with van der Waals surface area (Å²) in [5.41, 5.74) is 2.32. The van der Waals surface area contributed by atoms with E-state index in [9.17, 15) is 18.0 Å². The first-order valence-electron chi connectivity index (χ1n) is 11.6. The lowest BCUT2D eigenvalue weighted by molar-refractivity contribution is -0.125. The Labute approximate surface area is 200 Å². The number of ether oxygens (including phenoxy) is 1. The zero-order valence-electron chi connectivity index (χ0n) is 19.6. The van der Waals surface area contributed by atoms with Crippen LogP contribution < -0.4 is 15.0 Å². The van der Waals surface area contributed by atoms with Gasteiger partial charge in [-0.05, 0) is 60.7 Å². The number of nitrogens with one attached hydrogen (secondary N) is 1. The zero-order valence-corrected chi connectivity index (χ0v) is 20.4. The number of anilines is 1. The van der Waals surface area contributed by atoms with Gasteiger partial charge in [0.15, 0.2) is 0 Å². The fourth-order valence-electron chi connectivity index (χ4n) is 4.72. The maximum absolute atomic E-state index is 13.1. The lowest BCUT2D eigenvalue weighted by Gasteiger charge is -2.26. The Morgan fingerprint density at radius 2 is 1.85 bits per heavy atom. The van der Waals surface area contributed by atoms with E-state index in [1.54, 1.807) is 25.3 Å². The molecule has 1 atom stereocenters. The van der Waals surface area contributed by atoms with Crippen LogP contribution in [0.3, 0.4) is 0 Å². The number of amides is 2. The quantitative estimate of drug-likeness (QED) is 0.650. The van der Waals surface area contributed by atoms with Crippen LogP contribution in [-0.4, -0.2) is 57.3 Å². The molecule has 182 valence electrons. The fraction of sp³-hybridized carbons (Fsp3) is 0.440. The summed E-state index contributed by atoms with van der Waals surface area (Å²) in [4.78, 5) is 27.1. The molecule has 34 heavy (non-hydrogen) atoms. The lowest BCUT2D eigenvalue weighted by atomic mass is 10.1. The lowest BCUT2D eigenvalue weighted by Crippen LogP contribution is -2.47. The Bertz CT molecular complexity index is 1170. The van der Waals surface area contributed by atoms with Crippen molar-refractivity contribution in [2.75, 3.05) is 31.6 Å². The van der Waals surface area contributed by atoms with E-state index in [2.05, 4.69) is 5.32 Å². The molecule has 2 aromatic rings. The van der Waals surface area contributed by atoms with Crippen molar-refractivity contribution in [1.82, 2.24) is 9.62 Å². The number of rotatable bonds is 7. The third-order valence-electron chi connectivity index (χ3n) is 6.48. The molecule has 8 nitrogen and oxygen atoms in total. The molecular formula is C25H31N3O5S. The van der Waals surface area contributed by atoms with Crippen molar-refractivity contribution in [3.8, 4) is 5.75 Å². The predicted molar refractivity (Wildman–Crippen MR) is 129 cm³/mol. The van der Waals surface area contributed by atoms with Gasteiger partial charge in [0.2, 0.25) is 21.8 Å². The first-order valence-corrected chi connectivity index (χ1v) is 13.1. The molecule has 2 aliphatic rings. The molecule has 9 heteroatoms. The normalized spacial score (nSPS) is 18.4. The van der Waals surface area contributed by atoms with Crippen LogP contribution in [0.4, 0.5) is 5.69 Å². The van der Waals surface area contributed by atoms with Crippen molar-refractivity contribution < 1.29 is 22.7 Å². The van der Waals surface area contributed by atoms with Gasteiger partial charge in [-0.1, -0.05) is 18.6 Å². The largest absolute Gasteiger partial charge is 0.497 e. The van der Waals surface area contributed by atoms with Gasteiger partial charge in [-0.2, -0.15) is 4.31 Å². The monoisotopic (exact) mass is 485 g/mol. The Morgan fingerprint density at radius 3 is 2.56 bits per heavy atom. The number of benzene rings is 2. The van der Waals surface area contributed by atoms with E-state index in [0.717, 1.165) is 30.6 Å². The van der Waals surface area contributed by atoms with Crippen molar-refractivity contribution in [2.24, 2.45) is 0 Å². The van der Waals surface area contributed by atoms with Gasteiger partial charge < -0.3 is 10.1 Å². The first-order chi connectivity index (χ1) is 16.3. The topological polar surface area (TPSA) is 96.0 Å². The van der Waals surface area contributed by atoms with Gasteiger partial charge in [0.25, 0.3) is 0 Å². The highest BCUT2D eigenvalue weighted by molar-refractivity contribution is 7.89. The maximum Gasteiger partial charge on any atom is 0.243 e. The average molecular weight is 486 g/mol. The second-order valence-corrected chi connectivity index (χ2v) is 10.7. The van der Waals surface area contributed by atoms with Crippen LogP contribution >= 0.6 is 0 Å². The van der Waals surface area contributed by atoms with Gasteiger partial charge in [-0.25, -0.2) is 8.42 Å². The molecule has 0 spiro atoms. The summed E-state index contributed by atoms with van der Waals surface area (Å²) in [7, 11) is -1.98. The van der Waals surface area contributed by atoms with Crippen LogP contribution in [-0.2, 0) is 32.5 Å². The third kappa shape index (κ3) is 4.95. The smallest absolute Gasteiger partial charge is 0.243 e. The molecule has 0 unspecified atom stereocenters. The number of carbonyl (C=O) groups is 2. The molecule has 0 bridgehead atoms. The highest BCUT2D eigenvalue weighted by Crippen LogP contribution is 2.35. The van der Waals surface area contributed by atoms with Crippen LogP contribution in [0.1, 0.15) is 37.3 Å². The summed E-state index contributed by atoms with van der Waals surface area (Å²) < 4.78 is 33.0. The van der Waals surface area contributed by atoms with Gasteiger partial charge in [0, 0.05) is 38.7 Å². The number of fused-ring (bicyclic) bond motifs is 1. The summed E-state index contributed by atoms with van der Waals surface area (Å²) >= 11 is 0. The minimum absolute atomic E-state index is 0.218. The number of sulfonamides is 1. The minimum Gasteiger partial charge on any atom is -0.497 e. The van der Waals surface area contributed by atoms with Crippen LogP contribution in [0, 0.1) is 0 Å². The summed E-state index contributed by atoms with van der Waals surface area (Å²) in [5, 5.41) is 2.93. The molecule has 0 saturated carbocycles. The number of hydrogen-bond donors (Lipinski definition) is 1. The molecule has 1 N–H and O–H groups in total. The van der Waals surface area contributed by atoms with Crippen molar-refractivity contribution >= 4 is 27.5 Å². The third-order valence-corrected chi connectivity index (χ3v) is 8.37. The first kappa shape index (κ1) is 24.2. The molecule has 2 amide bonds. The molecular weight excluding hydrogens is 454 g/mol. The molecule has 1 fully saturated rings. The van der Waals surface area contributed by atoms with Crippen LogP contribution in [0.2, 0.25) is 0 Å². The van der Waals surface area contributed by atoms with Crippen molar-refractivity contribution in [1.29, 1.82) is 0 Å². The number of nitrogens with zero attached hydrogens (tertiary/aromatic N) is 2. The molecule has 2 heterocycles. The second-order valence-electron chi connectivity index (χ2n) is 8.76. The van der Waals surface area contributed by atoms with Crippen molar-refractivity contribution in [3.05, 3.63) is 53.6 Å². The summed E-state index contributed by atoms with van der Waals surface area (Å²) in [5.74, 6) is 0.251. The van der Waals surface area contributed by atoms with E-state index in [-0.39, 0.29) is 23.1 Å². The Morgan fingerprint density at radius 1 is 1.09 bits per heavy atom. The van der Waals surface area contributed by atoms with E-state index < -0.39 is 16.1 Å². The fourth-order valence-corrected chi connectivity index (χ4v) is 6.29. The SMILES string of the molecule is COc1cccc(CCNC(=O)[C@H]2Cc3cc(S(=O)(=O)N4CCCCC4)ccc3N2C(C)=O)c1. The summed E-state index contributed by atoms with van der Waals surface area (Å²) in [6.45, 7) is 2.89. The standard InChI is InChI=1S/C25H31N3O5S/c1-18(29)28-23-10-9-22(34(31,32)27-13-4-3-5-14-27)16-20(23)17-24(28)25(30)26-12-11-19-7-6-8-21(15-19)33-2/h6-10,15-16,24H,3-5,11-14,17H2,1-2H3,(H,26,30)/t24-/m1/s1. The summed E-state index contributed by atoms with van der Waals surface area (Å²) in [6.07, 6.45) is 3.67. The highest BCUT2D eigenvalue weighted by Gasteiger charge is 2.38. The van der Waals surface area contributed by atoms with Crippen LogP contribution in [0.25, 0.3) is 0 Å². The summed E-state index contributed by atoms with van der Waals surface area (Å²) in [6, 6.07) is 11.8. The Hall–Kier alpha value is -2.91. The van der Waals surface area contributed by atoms with E-state index in [4.69, 9.17) is 4.74 Å². The van der Waals surface area contributed by atoms with Gasteiger partial charge >= 0.3 is 0 Å². The molecule has 0 aliphatic carbocycles.